The van der Waals surface area contributed by atoms with Crippen molar-refractivity contribution in [3.63, 3.8) is 0 Å². The molecule has 0 unspecified atom stereocenters. The zero-order valence-corrected chi connectivity index (χ0v) is 24.1. The molecule has 0 N–H and O–H groups in total. The van der Waals surface area contributed by atoms with Gasteiger partial charge in [-0.15, -0.1) is 11.3 Å². The number of allylic oxidation sites excluding steroid dienone is 2. The predicted octanol–water partition coefficient (Wildman–Crippen LogP) is 7.06. The van der Waals surface area contributed by atoms with Gasteiger partial charge in [0.15, 0.2) is 0 Å². The Bertz CT molecular complexity index is 1160. The van der Waals surface area contributed by atoms with E-state index in [0.29, 0.717) is 22.3 Å². The smallest absolute Gasteiger partial charge is 0.350 e. The van der Waals surface area contributed by atoms with Gasteiger partial charge in [0.25, 0.3) is 0 Å². The van der Waals surface area contributed by atoms with E-state index in [1.807, 2.05) is 9.58 Å². The molecule has 0 bridgehead atoms. The molecule has 0 aliphatic heterocycles. The fraction of sp³-hybridized carbons (Fsp3) is 0.667. The van der Waals surface area contributed by atoms with Crippen LogP contribution in [-0.2, 0) is 9.53 Å². The SMILES string of the molecule is COC(=O)c1sc(C2=CCC(C)(C)CC2)cc1N(C(=O)[C@@H]1CCCC[C@H]1C)C1CCC(n2cncn2)CC1. The molecule has 2 aromatic rings. The molecule has 2 aromatic heterocycles. The highest BCUT2D eigenvalue weighted by atomic mass is 32.1. The summed E-state index contributed by atoms with van der Waals surface area (Å²) in [6, 6.07) is 2.48. The van der Waals surface area contributed by atoms with Gasteiger partial charge in [-0.3, -0.25) is 4.79 Å². The van der Waals surface area contributed by atoms with Crippen molar-refractivity contribution >= 4 is 34.5 Å². The molecule has 3 aliphatic carbocycles. The number of methoxy groups -OCH3 is 1. The number of nitrogens with zero attached hydrogens (tertiary/aromatic N) is 4. The quantitative estimate of drug-likeness (QED) is 0.368. The number of aromatic nitrogens is 3. The maximum Gasteiger partial charge on any atom is 0.350 e. The molecule has 0 saturated heterocycles. The van der Waals surface area contributed by atoms with Crippen LogP contribution in [0.4, 0.5) is 5.69 Å². The summed E-state index contributed by atoms with van der Waals surface area (Å²) in [6.45, 7) is 6.83. The lowest BCUT2D eigenvalue weighted by molar-refractivity contribution is -0.125. The van der Waals surface area contributed by atoms with Crippen LogP contribution in [0, 0.1) is 17.3 Å². The van der Waals surface area contributed by atoms with E-state index in [-0.39, 0.29) is 23.8 Å². The molecule has 7 nitrogen and oxygen atoms in total. The van der Waals surface area contributed by atoms with Crippen LogP contribution in [0.15, 0.2) is 24.8 Å². The first-order valence-electron chi connectivity index (χ1n) is 14.4. The largest absolute Gasteiger partial charge is 0.465 e. The highest BCUT2D eigenvalue weighted by Gasteiger charge is 2.39. The van der Waals surface area contributed by atoms with E-state index in [4.69, 9.17) is 4.74 Å². The number of thiophene rings is 1. The second-order valence-electron chi connectivity index (χ2n) is 12.3. The monoisotopic (exact) mass is 538 g/mol. The fourth-order valence-electron chi connectivity index (χ4n) is 6.60. The molecule has 1 amide bonds. The Hall–Kier alpha value is -2.48. The van der Waals surface area contributed by atoms with Gasteiger partial charge in [-0.1, -0.05) is 39.7 Å². The molecule has 206 valence electrons. The Morgan fingerprint density at radius 2 is 1.89 bits per heavy atom. The lowest BCUT2D eigenvalue weighted by Crippen LogP contribution is -2.47. The van der Waals surface area contributed by atoms with Crippen LogP contribution < -0.4 is 4.90 Å². The minimum atomic E-state index is -0.348. The van der Waals surface area contributed by atoms with Crippen molar-refractivity contribution < 1.29 is 14.3 Å². The maximum atomic E-state index is 14.4. The molecule has 8 heteroatoms. The van der Waals surface area contributed by atoms with Crippen molar-refractivity contribution in [1.29, 1.82) is 0 Å². The van der Waals surface area contributed by atoms with Gasteiger partial charge in [-0.2, -0.15) is 5.10 Å². The minimum Gasteiger partial charge on any atom is -0.465 e. The molecule has 38 heavy (non-hydrogen) atoms. The van der Waals surface area contributed by atoms with E-state index in [9.17, 15) is 9.59 Å². The Morgan fingerprint density at radius 1 is 1.13 bits per heavy atom. The van der Waals surface area contributed by atoms with Crippen molar-refractivity contribution in [2.45, 2.75) is 103 Å². The number of ether oxygens (including phenoxy) is 1. The molecular weight excluding hydrogens is 496 g/mol. The number of rotatable bonds is 6. The van der Waals surface area contributed by atoms with Crippen LogP contribution in [0.2, 0.25) is 0 Å². The van der Waals surface area contributed by atoms with Gasteiger partial charge >= 0.3 is 5.97 Å². The zero-order valence-electron chi connectivity index (χ0n) is 23.3. The zero-order chi connectivity index (χ0) is 26.9. The number of carbonyl (C=O) groups excluding carboxylic acids is 2. The first-order chi connectivity index (χ1) is 18.3. The Balaban J connectivity index is 1.50. The number of anilines is 1. The molecule has 2 atom stereocenters. The number of esters is 1. The molecule has 3 aliphatic rings. The van der Waals surface area contributed by atoms with Crippen molar-refractivity contribution in [3.8, 4) is 0 Å². The van der Waals surface area contributed by atoms with Gasteiger partial charge in [-0.25, -0.2) is 14.5 Å². The Morgan fingerprint density at radius 3 is 2.53 bits per heavy atom. The van der Waals surface area contributed by atoms with E-state index in [1.54, 1.807) is 12.7 Å². The second-order valence-corrected chi connectivity index (χ2v) is 13.4. The molecule has 0 spiro atoms. The van der Waals surface area contributed by atoms with Crippen LogP contribution in [-0.4, -0.2) is 39.8 Å². The van der Waals surface area contributed by atoms with Gasteiger partial charge in [0.2, 0.25) is 5.91 Å². The summed E-state index contributed by atoms with van der Waals surface area (Å²) >= 11 is 1.50. The van der Waals surface area contributed by atoms with Gasteiger partial charge in [0.1, 0.15) is 17.5 Å². The third kappa shape index (κ3) is 5.61. The number of amides is 1. The number of hydrogen-bond donors (Lipinski definition) is 0. The average molecular weight is 539 g/mol. The number of hydrogen-bond acceptors (Lipinski definition) is 6. The third-order valence-electron chi connectivity index (χ3n) is 9.14. The maximum absolute atomic E-state index is 14.4. The molecule has 2 fully saturated rings. The van der Waals surface area contributed by atoms with E-state index in [2.05, 4.69) is 43.0 Å². The van der Waals surface area contributed by atoms with Crippen LogP contribution in [0.3, 0.4) is 0 Å². The molecular formula is C30H42N4O3S. The van der Waals surface area contributed by atoms with Crippen molar-refractivity contribution in [3.05, 3.63) is 34.6 Å². The topological polar surface area (TPSA) is 77.3 Å². The van der Waals surface area contributed by atoms with E-state index < -0.39 is 0 Å². The lowest BCUT2D eigenvalue weighted by atomic mass is 9.78. The standard InChI is InChI=1S/C30H42N4O3S/c1-20-7-5-6-8-24(20)28(35)34(23-11-9-22(10-12-23)33-19-31-18-32-33)25-17-26(38-27(25)29(36)37-4)21-13-15-30(2,3)16-14-21/h13,17-20,22-24H,5-12,14-16H2,1-4H3/t20-,22?,23?,24-/m1/s1. The Kier molecular flexibility index (Phi) is 8.08. The molecule has 2 saturated carbocycles. The summed E-state index contributed by atoms with van der Waals surface area (Å²) in [5.74, 6) is 0.196. The fourth-order valence-corrected chi connectivity index (χ4v) is 7.74. The van der Waals surface area contributed by atoms with Crippen LogP contribution >= 0.6 is 11.3 Å². The highest BCUT2D eigenvalue weighted by Crippen LogP contribution is 2.45. The Labute approximate surface area is 230 Å². The molecule has 2 heterocycles. The van der Waals surface area contributed by atoms with Crippen molar-refractivity contribution in [1.82, 2.24) is 14.8 Å². The summed E-state index contributed by atoms with van der Waals surface area (Å²) in [5.41, 5.74) is 2.35. The summed E-state index contributed by atoms with van der Waals surface area (Å²) in [6.07, 6.45) is 16.8. The predicted molar refractivity (Wildman–Crippen MR) is 151 cm³/mol. The van der Waals surface area contributed by atoms with Crippen molar-refractivity contribution in [2.24, 2.45) is 17.3 Å². The first-order valence-corrected chi connectivity index (χ1v) is 15.2. The highest BCUT2D eigenvalue weighted by molar-refractivity contribution is 7.15. The minimum absolute atomic E-state index is 0.000307. The third-order valence-corrected chi connectivity index (χ3v) is 10.3. The van der Waals surface area contributed by atoms with E-state index >= 15 is 0 Å². The number of carbonyl (C=O) groups is 2. The second kappa shape index (κ2) is 11.3. The van der Waals surface area contributed by atoms with Gasteiger partial charge in [0.05, 0.1) is 18.8 Å². The molecule has 5 rings (SSSR count). The normalized spacial score (nSPS) is 27.4. The van der Waals surface area contributed by atoms with Crippen LogP contribution in [0.5, 0.6) is 0 Å². The molecule has 0 radical (unpaired) electrons. The van der Waals surface area contributed by atoms with E-state index in [0.717, 1.165) is 74.8 Å². The van der Waals surface area contributed by atoms with Gasteiger partial charge in [0, 0.05) is 16.8 Å². The first kappa shape index (κ1) is 27.1. The molecule has 0 aromatic carbocycles. The average Bonchev–Trinajstić information content (AvgIpc) is 3.60. The van der Waals surface area contributed by atoms with Crippen LogP contribution in [0.1, 0.15) is 112 Å². The van der Waals surface area contributed by atoms with Gasteiger partial charge < -0.3 is 9.64 Å². The van der Waals surface area contributed by atoms with Crippen molar-refractivity contribution in [2.75, 3.05) is 12.0 Å². The van der Waals surface area contributed by atoms with E-state index in [1.165, 1.54) is 30.4 Å². The van der Waals surface area contributed by atoms with Crippen LogP contribution in [0.25, 0.3) is 5.57 Å². The summed E-state index contributed by atoms with van der Waals surface area (Å²) in [4.78, 5) is 35.3. The summed E-state index contributed by atoms with van der Waals surface area (Å²) in [5, 5.41) is 4.36. The lowest BCUT2D eigenvalue weighted by Gasteiger charge is -2.40. The van der Waals surface area contributed by atoms with Gasteiger partial charge in [-0.05, 0) is 80.8 Å². The summed E-state index contributed by atoms with van der Waals surface area (Å²) in [7, 11) is 1.44. The summed E-state index contributed by atoms with van der Waals surface area (Å²) < 4.78 is 7.21.